The van der Waals surface area contributed by atoms with Gasteiger partial charge in [0.25, 0.3) is 0 Å². The van der Waals surface area contributed by atoms with Crippen LogP contribution in [0, 0.1) is 5.92 Å². The molecule has 4 heteroatoms. The van der Waals surface area contributed by atoms with Crippen molar-refractivity contribution in [2.75, 3.05) is 13.1 Å². The Morgan fingerprint density at radius 1 is 1.53 bits per heavy atom. The first-order valence-electron chi connectivity index (χ1n) is 6.08. The largest absolute Gasteiger partial charge is 0.481 e. The zero-order valence-electron chi connectivity index (χ0n) is 9.88. The van der Waals surface area contributed by atoms with Gasteiger partial charge in [-0.3, -0.25) is 14.7 Å². The van der Waals surface area contributed by atoms with Crippen LogP contribution >= 0.6 is 0 Å². The van der Waals surface area contributed by atoms with Crippen LogP contribution in [-0.2, 0) is 11.3 Å². The molecule has 1 N–H and O–H groups in total. The monoisotopic (exact) mass is 234 g/mol. The minimum absolute atomic E-state index is 0.290. The van der Waals surface area contributed by atoms with Crippen LogP contribution in [0.5, 0.6) is 0 Å². The summed E-state index contributed by atoms with van der Waals surface area (Å²) in [6.45, 7) is 2.76. The highest BCUT2D eigenvalue weighted by Gasteiger charge is 2.22. The number of carbonyl (C=O) groups is 1. The molecule has 0 saturated carbocycles. The molecule has 1 aromatic heterocycles. The molecular formula is C13H18N2O2. The van der Waals surface area contributed by atoms with Gasteiger partial charge in [-0.2, -0.15) is 0 Å². The molecule has 0 aromatic carbocycles. The van der Waals surface area contributed by atoms with Gasteiger partial charge in [-0.15, -0.1) is 0 Å². The van der Waals surface area contributed by atoms with E-state index in [1.807, 2.05) is 18.2 Å². The molecule has 4 nitrogen and oxygen atoms in total. The van der Waals surface area contributed by atoms with Gasteiger partial charge in [-0.05, 0) is 37.4 Å². The Kier molecular flexibility index (Phi) is 4.09. The van der Waals surface area contributed by atoms with Crippen molar-refractivity contribution in [3.8, 4) is 0 Å². The number of piperidine rings is 1. The molecule has 0 radical (unpaired) electrons. The maximum Gasteiger partial charge on any atom is 0.303 e. The zero-order chi connectivity index (χ0) is 12.1. The van der Waals surface area contributed by atoms with Gasteiger partial charge in [0.05, 0.1) is 5.69 Å². The average Bonchev–Trinajstić information content (AvgIpc) is 2.30. The maximum atomic E-state index is 10.7. The third-order valence-electron chi connectivity index (χ3n) is 3.18. The molecule has 1 atom stereocenters. The van der Waals surface area contributed by atoms with Crippen LogP contribution in [0.3, 0.4) is 0 Å². The zero-order valence-corrected chi connectivity index (χ0v) is 9.88. The van der Waals surface area contributed by atoms with Gasteiger partial charge < -0.3 is 5.11 Å². The SMILES string of the molecule is O=C(O)CC1CCCN(Cc2ccccn2)C1. The van der Waals surface area contributed by atoms with Gasteiger partial charge in [0.1, 0.15) is 0 Å². The van der Waals surface area contributed by atoms with Gasteiger partial charge in [0, 0.05) is 25.7 Å². The lowest BCUT2D eigenvalue weighted by molar-refractivity contribution is -0.138. The minimum Gasteiger partial charge on any atom is -0.481 e. The normalized spacial score (nSPS) is 21.3. The summed E-state index contributed by atoms with van der Waals surface area (Å²) in [6.07, 6.45) is 4.21. The van der Waals surface area contributed by atoms with Crippen LogP contribution in [0.15, 0.2) is 24.4 Å². The van der Waals surface area contributed by atoms with Crippen molar-refractivity contribution in [3.05, 3.63) is 30.1 Å². The third-order valence-corrected chi connectivity index (χ3v) is 3.18. The van der Waals surface area contributed by atoms with Crippen molar-refractivity contribution < 1.29 is 9.90 Å². The quantitative estimate of drug-likeness (QED) is 0.862. The Balaban J connectivity index is 1.87. The lowest BCUT2D eigenvalue weighted by Crippen LogP contribution is -2.35. The number of aromatic nitrogens is 1. The Bertz CT molecular complexity index is 367. The second-order valence-corrected chi connectivity index (χ2v) is 4.66. The van der Waals surface area contributed by atoms with Crippen molar-refractivity contribution in [3.63, 3.8) is 0 Å². The van der Waals surface area contributed by atoms with Crippen molar-refractivity contribution in [1.82, 2.24) is 9.88 Å². The standard InChI is InChI=1S/C13H18N2O2/c16-13(17)8-11-4-3-7-15(9-11)10-12-5-1-2-6-14-12/h1-2,5-6,11H,3-4,7-10H2,(H,16,17). The van der Waals surface area contributed by atoms with Crippen LogP contribution in [0.4, 0.5) is 0 Å². The molecule has 0 bridgehead atoms. The van der Waals surface area contributed by atoms with Crippen molar-refractivity contribution in [2.45, 2.75) is 25.8 Å². The molecule has 2 heterocycles. The molecule has 1 unspecified atom stereocenters. The van der Waals surface area contributed by atoms with Gasteiger partial charge in [0.15, 0.2) is 0 Å². The molecule has 2 rings (SSSR count). The van der Waals surface area contributed by atoms with Crippen LogP contribution in [-0.4, -0.2) is 34.0 Å². The van der Waals surface area contributed by atoms with Gasteiger partial charge in [0.2, 0.25) is 0 Å². The highest BCUT2D eigenvalue weighted by Crippen LogP contribution is 2.20. The predicted molar refractivity (Wildman–Crippen MR) is 64.5 cm³/mol. The number of nitrogens with zero attached hydrogens (tertiary/aromatic N) is 2. The van der Waals surface area contributed by atoms with Gasteiger partial charge in [-0.1, -0.05) is 6.07 Å². The fourth-order valence-corrected chi connectivity index (χ4v) is 2.43. The summed E-state index contributed by atoms with van der Waals surface area (Å²) in [5.41, 5.74) is 1.06. The molecule has 0 aliphatic carbocycles. The molecule has 1 aliphatic rings. The number of hydrogen-bond donors (Lipinski definition) is 1. The van der Waals surface area contributed by atoms with Crippen molar-refractivity contribution in [1.29, 1.82) is 0 Å². The van der Waals surface area contributed by atoms with E-state index in [2.05, 4.69) is 9.88 Å². The highest BCUT2D eigenvalue weighted by atomic mass is 16.4. The van der Waals surface area contributed by atoms with E-state index in [-0.39, 0.29) is 0 Å². The Morgan fingerprint density at radius 3 is 3.12 bits per heavy atom. The van der Waals surface area contributed by atoms with Crippen LogP contribution in [0.2, 0.25) is 0 Å². The third kappa shape index (κ3) is 3.82. The molecule has 17 heavy (non-hydrogen) atoms. The topological polar surface area (TPSA) is 53.4 Å². The first-order valence-corrected chi connectivity index (χ1v) is 6.08. The van der Waals surface area contributed by atoms with E-state index in [1.54, 1.807) is 6.20 Å². The summed E-state index contributed by atoms with van der Waals surface area (Å²) in [5.74, 6) is -0.389. The van der Waals surface area contributed by atoms with E-state index in [0.29, 0.717) is 12.3 Å². The molecule has 0 spiro atoms. The smallest absolute Gasteiger partial charge is 0.303 e. The lowest BCUT2D eigenvalue weighted by Gasteiger charge is -2.31. The van der Waals surface area contributed by atoms with Crippen molar-refractivity contribution >= 4 is 5.97 Å². The van der Waals surface area contributed by atoms with Crippen LogP contribution in [0.25, 0.3) is 0 Å². The number of carboxylic acids is 1. The summed E-state index contributed by atoms with van der Waals surface area (Å²) in [4.78, 5) is 17.3. The summed E-state index contributed by atoms with van der Waals surface area (Å²) in [6, 6.07) is 5.91. The predicted octanol–water partition coefficient (Wildman–Crippen LogP) is 1.77. The fraction of sp³-hybridized carbons (Fsp3) is 0.538. The van der Waals surface area contributed by atoms with E-state index in [4.69, 9.17) is 5.11 Å². The van der Waals surface area contributed by atoms with E-state index >= 15 is 0 Å². The second-order valence-electron chi connectivity index (χ2n) is 4.66. The Hall–Kier alpha value is -1.42. The number of hydrogen-bond acceptors (Lipinski definition) is 3. The van der Waals surface area contributed by atoms with Crippen LogP contribution in [0.1, 0.15) is 25.0 Å². The first kappa shape index (κ1) is 12.0. The lowest BCUT2D eigenvalue weighted by atomic mass is 9.95. The number of rotatable bonds is 4. The van der Waals surface area contributed by atoms with E-state index < -0.39 is 5.97 Å². The van der Waals surface area contributed by atoms with Gasteiger partial charge >= 0.3 is 5.97 Å². The molecule has 92 valence electrons. The minimum atomic E-state index is -0.685. The summed E-state index contributed by atoms with van der Waals surface area (Å²) < 4.78 is 0. The Morgan fingerprint density at radius 2 is 2.41 bits per heavy atom. The Labute approximate surface area is 101 Å². The van der Waals surface area contributed by atoms with E-state index in [0.717, 1.165) is 38.2 Å². The average molecular weight is 234 g/mol. The van der Waals surface area contributed by atoms with Crippen molar-refractivity contribution in [2.24, 2.45) is 5.92 Å². The maximum absolute atomic E-state index is 10.7. The molecule has 1 saturated heterocycles. The molecule has 1 aromatic rings. The molecule has 1 aliphatic heterocycles. The number of pyridine rings is 1. The first-order chi connectivity index (χ1) is 8.24. The fourth-order valence-electron chi connectivity index (χ4n) is 2.43. The van der Waals surface area contributed by atoms with Gasteiger partial charge in [-0.25, -0.2) is 0 Å². The molecular weight excluding hydrogens is 216 g/mol. The second kappa shape index (κ2) is 5.77. The summed E-state index contributed by atoms with van der Waals surface area (Å²) in [5, 5.41) is 8.81. The number of aliphatic carboxylic acids is 1. The molecule has 1 fully saturated rings. The molecule has 0 amide bonds. The van der Waals surface area contributed by atoms with E-state index in [9.17, 15) is 4.79 Å². The highest BCUT2D eigenvalue weighted by molar-refractivity contribution is 5.67. The number of carboxylic acid groups (broad SMARTS) is 1. The van der Waals surface area contributed by atoms with Crippen LogP contribution < -0.4 is 0 Å². The number of likely N-dealkylation sites (tertiary alicyclic amines) is 1. The summed E-state index contributed by atoms with van der Waals surface area (Å²) in [7, 11) is 0. The van der Waals surface area contributed by atoms with E-state index in [1.165, 1.54) is 0 Å². The summed E-state index contributed by atoms with van der Waals surface area (Å²) >= 11 is 0.